The number of likely N-dealkylation sites (N-methyl/N-ethyl adjacent to an activating group) is 1. The fraction of sp³-hybridized carbons (Fsp3) is 0.611. The molecular formula is C18H26N2O2. The lowest BCUT2D eigenvalue weighted by atomic mass is 9.80. The second-order valence-electron chi connectivity index (χ2n) is 7.22. The van der Waals surface area contributed by atoms with Gasteiger partial charge in [-0.15, -0.1) is 0 Å². The Kier molecular flexibility index (Phi) is 4.00. The topological polar surface area (TPSA) is 49.5 Å². The minimum absolute atomic E-state index is 0.297. The Balaban J connectivity index is 1.78. The summed E-state index contributed by atoms with van der Waals surface area (Å²) >= 11 is 0. The SMILES string of the molecule is Cc1cc(CN(C)CC2(O)CCC2)cc2nc(C(C)C)oc12. The van der Waals surface area contributed by atoms with Gasteiger partial charge < -0.3 is 9.52 Å². The van der Waals surface area contributed by atoms with Gasteiger partial charge in [0.25, 0.3) is 0 Å². The van der Waals surface area contributed by atoms with Crippen LogP contribution in [0, 0.1) is 6.92 Å². The molecule has 0 radical (unpaired) electrons. The molecule has 2 aromatic rings. The quantitative estimate of drug-likeness (QED) is 0.916. The van der Waals surface area contributed by atoms with Crippen molar-refractivity contribution in [1.29, 1.82) is 0 Å². The van der Waals surface area contributed by atoms with Gasteiger partial charge >= 0.3 is 0 Å². The maximum Gasteiger partial charge on any atom is 0.198 e. The van der Waals surface area contributed by atoms with Crippen molar-refractivity contribution in [3.05, 3.63) is 29.2 Å². The second kappa shape index (κ2) is 5.67. The molecule has 0 bridgehead atoms. The second-order valence-corrected chi connectivity index (χ2v) is 7.22. The first-order chi connectivity index (χ1) is 10.4. The highest BCUT2D eigenvalue weighted by molar-refractivity contribution is 5.77. The molecule has 4 nitrogen and oxygen atoms in total. The van der Waals surface area contributed by atoms with E-state index in [2.05, 4.69) is 49.8 Å². The standard InChI is InChI=1S/C18H26N2O2/c1-12(2)17-19-15-9-14(8-13(3)16(15)22-17)10-20(4)11-18(21)6-5-7-18/h8-9,12,21H,5-7,10-11H2,1-4H3. The van der Waals surface area contributed by atoms with E-state index in [-0.39, 0.29) is 0 Å². The molecule has 1 saturated carbocycles. The van der Waals surface area contributed by atoms with Crippen LogP contribution in [0.2, 0.25) is 0 Å². The molecule has 0 amide bonds. The summed E-state index contributed by atoms with van der Waals surface area (Å²) in [5.74, 6) is 1.10. The van der Waals surface area contributed by atoms with E-state index in [4.69, 9.17) is 4.42 Å². The van der Waals surface area contributed by atoms with Crippen molar-refractivity contribution in [2.24, 2.45) is 0 Å². The van der Waals surface area contributed by atoms with Gasteiger partial charge in [0.05, 0.1) is 5.60 Å². The molecule has 0 spiro atoms. The Morgan fingerprint density at radius 3 is 2.68 bits per heavy atom. The molecule has 0 aliphatic heterocycles. The van der Waals surface area contributed by atoms with Crippen molar-refractivity contribution in [2.45, 2.75) is 58.1 Å². The van der Waals surface area contributed by atoms with Gasteiger partial charge in [-0.2, -0.15) is 0 Å². The van der Waals surface area contributed by atoms with Crippen molar-refractivity contribution < 1.29 is 9.52 Å². The Hall–Kier alpha value is -1.39. The van der Waals surface area contributed by atoms with E-state index in [9.17, 15) is 5.11 Å². The molecule has 3 rings (SSSR count). The smallest absolute Gasteiger partial charge is 0.198 e. The summed E-state index contributed by atoms with van der Waals surface area (Å²) in [5, 5.41) is 10.3. The van der Waals surface area contributed by atoms with Crippen molar-refractivity contribution in [1.82, 2.24) is 9.88 Å². The van der Waals surface area contributed by atoms with Crippen LogP contribution in [0.4, 0.5) is 0 Å². The van der Waals surface area contributed by atoms with E-state index >= 15 is 0 Å². The maximum atomic E-state index is 10.3. The molecule has 1 heterocycles. The number of hydrogen-bond donors (Lipinski definition) is 1. The highest BCUT2D eigenvalue weighted by atomic mass is 16.3. The molecule has 4 heteroatoms. The van der Waals surface area contributed by atoms with Crippen LogP contribution >= 0.6 is 0 Å². The third kappa shape index (κ3) is 3.03. The lowest BCUT2D eigenvalue weighted by molar-refractivity contribution is -0.0555. The van der Waals surface area contributed by atoms with E-state index in [1.54, 1.807) is 0 Å². The van der Waals surface area contributed by atoms with E-state index in [0.717, 1.165) is 54.9 Å². The molecule has 0 unspecified atom stereocenters. The normalized spacial score (nSPS) is 17.4. The summed E-state index contributed by atoms with van der Waals surface area (Å²) in [6.45, 7) is 7.81. The van der Waals surface area contributed by atoms with E-state index in [0.29, 0.717) is 5.92 Å². The van der Waals surface area contributed by atoms with Crippen molar-refractivity contribution in [3.8, 4) is 0 Å². The zero-order valence-corrected chi connectivity index (χ0v) is 14.0. The molecule has 1 aromatic heterocycles. The molecule has 22 heavy (non-hydrogen) atoms. The number of nitrogens with zero attached hydrogens (tertiary/aromatic N) is 2. The first-order valence-electron chi connectivity index (χ1n) is 8.17. The van der Waals surface area contributed by atoms with Gasteiger partial charge in [-0.25, -0.2) is 4.98 Å². The van der Waals surface area contributed by atoms with Gasteiger partial charge in [0.15, 0.2) is 11.5 Å². The van der Waals surface area contributed by atoms with Gasteiger partial charge in [0.1, 0.15) is 5.52 Å². The minimum Gasteiger partial charge on any atom is -0.440 e. The van der Waals surface area contributed by atoms with Gasteiger partial charge in [-0.1, -0.05) is 19.9 Å². The molecule has 1 aliphatic carbocycles. The summed E-state index contributed by atoms with van der Waals surface area (Å²) < 4.78 is 5.86. The predicted molar refractivity (Wildman–Crippen MR) is 88.0 cm³/mol. The zero-order chi connectivity index (χ0) is 15.9. The molecular weight excluding hydrogens is 276 g/mol. The maximum absolute atomic E-state index is 10.3. The fourth-order valence-corrected chi connectivity index (χ4v) is 3.24. The fourth-order valence-electron chi connectivity index (χ4n) is 3.24. The van der Waals surface area contributed by atoms with Crippen LogP contribution in [0.15, 0.2) is 16.5 Å². The molecule has 1 aromatic carbocycles. The van der Waals surface area contributed by atoms with Gasteiger partial charge in [0.2, 0.25) is 0 Å². The molecule has 0 saturated heterocycles. The first kappa shape index (κ1) is 15.5. The highest BCUT2D eigenvalue weighted by Gasteiger charge is 2.35. The Labute approximate surface area is 132 Å². The summed E-state index contributed by atoms with van der Waals surface area (Å²) in [7, 11) is 2.07. The van der Waals surface area contributed by atoms with Gasteiger partial charge in [-0.05, 0) is 50.4 Å². The average Bonchev–Trinajstić information content (AvgIpc) is 2.81. The summed E-state index contributed by atoms with van der Waals surface area (Å²) in [5.41, 5.74) is 3.72. The Bertz CT molecular complexity index is 671. The van der Waals surface area contributed by atoms with Crippen LogP contribution < -0.4 is 0 Å². The lowest BCUT2D eigenvalue weighted by Crippen LogP contribution is -2.46. The van der Waals surface area contributed by atoms with Crippen molar-refractivity contribution >= 4 is 11.1 Å². The van der Waals surface area contributed by atoms with Gasteiger partial charge in [-0.3, -0.25) is 4.90 Å². The van der Waals surface area contributed by atoms with Crippen LogP contribution in [0.1, 0.15) is 56.0 Å². The van der Waals surface area contributed by atoms with Crippen LogP contribution in [-0.2, 0) is 6.54 Å². The van der Waals surface area contributed by atoms with Gasteiger partial charge in [0, 0.05) is 19.0 Å². The Morgan fingerprint density at radius 1 is 1.36 bits per heavy atom. The van der Waals surface area contributed by atoms with Crippen LogP contribution in [-0.4, -0.2) is 34.2 Å². The monoisotopic (exact) mass is 302 g/mol. The number of benzene rings is 1. The summed E-state index contributed by atoms with van der Waals surface area (Å²) in [6, 6.07) is 4.28. The number of rotatable bonds is 5. The first-order valence-corrected chi connectivity index (χ1v) is 8.17. The minimum atomic E-state index is -0.466. The van der Waals surface area contributed by atoms with E-state index < -0.39 is 5.60 Å². The molecule has 120 valence electrons. The van der Waals surface area contributed by atoms with E-state index in [1.165, 1.54) is 5.56 Å². The van der Waals surface area contributed by atoms with Crippen molar-refractivity contribution in [2.75, 3.05) is 13.6 Å². The largest absolute Gasteiger partial charge is 0.440 e. The predicted octanol–water partition coefficient (Wildman–Crippen LogP) is 3.61. The van der Waals surface area contributed by atoms with E-state index in [1.807, 2.05) is 0 Å². The third-order valence-electron chi connectivity index (χ3n) is 4.55. The number of oxazole rings is 1. The number of aromatic nitrogens is 1. The van der Waals surface area contributed by atoms with Crippen LogP contribution in [0.25, 0.3) is 11.1 Å². The molecule has 1 aliphatic rings. The molecule has 1 N–H and O–H groups in total. The third-order valence-corrected chi connectivity index (χ3v) is 4.55. The number of fused-ring (bicyclic) bond motifs is 1. The number of aryl methyl sites for hydroxylation is 1. The van der Waals surface area contributed by atoms with Crippen LogP contribution in [0.3, 0.4) is 0 Å². The Morgan fingerprint density at radius 2 is 2.09 bits per heavy atom. The molecule has 0 atom stereocenters. The summed E-state index contributed by atoms with van der Waals surface area (Å²) in [4.78, 5) is 6.81. The lowest BCUT2D eigenvalue weighted by Gasteiger charge is -2.39. The average molecular weight is 302 g/mol. The summed E-state index contributed by atoms with van der Waals surface area (Å²) in [6.07, 6.45) is 3.00. The number of hydrogen-bond acceptors (Lipinski definition) is 4. The highest BCUT2D eigenvalue weighted by Crippen LogP contribution is 2.32. The number of aliphatic hydroxyl groups is 1. The molecule has 1 fully saturated rings. The van der Waals surface area contributed by atoms with Crippen LogP contribution in [0.5, 0.6) is 0 Å². The van der Waals surface area contributed by atoms with Crippen molar-refractivity contribution in [3.63, 3.8) is 0 Å². The zero-order valence-electron chi connectivity index (χ0n) is 14.0.